The highest BCUT2D eigenvalue weighted by atomic mass is 32.1. The Hall–Kier alpha value is -2.99. The lowest BCUT2D eigenvalue weighted by molar-refractivity contribution is -0.119. The summed E-state index contributed by atoms with van der Waals surface area (Å²) in [5.74, 6) is -0.252. The van der Waals surface area contributed by atoms with Gasteiger partial charge in [-0.15, -0.1) is 11.3 Å². The van der Waals surface area contributed by atoms with Crippen LogP contribution in [0.2, 0.25) is 0 Å². The minimum atomic E-state index is -0.258. The maximum Gasteiger partial charge on any atom is 0.273 e. The lowest BCUT2D eigenvalue weighted by Gasteiger charge is -2.17. The minimum absolute atomic E-state index is 0.120. The van der Waals surface area contributed by atoms with Crippen molar-refractivity contribution in [1.82, 2.24) is 15.2 Å². The first-order valence-corrected chi connectivity index (χ1v) is 9.96. The second-order valence-electron chi connectivity index (χ2n) is 6.66. The molecule has 144 valence electrons. The monoisotopic (exact) mass is 393 g/mol. The van der Waals surface area contributed by atoms with Gasteiger partial charge in [0.15, 0.2) is 0 Å². The zero-order valence-electron chi connectivity index (χ0n) is 16.0. The lowest BCUT2D eigenvalue weighted by Crippen LogP contribution is -2.28. The lowest BCUT2D eigenvalue weighted by atomic mass is 10.1. The van der Waals surface area contributed by atoms with Crippen molar-refractivity contribution < 1.29 is 9.59 Å². The minimum Gasteiger partial charge on any atom is -0.347 e. The Kier molecular flexibility index (Phi) is 6.55. The van der Waals surface area contributed by atoms with Crippen LogP contribution < -0.4 is 5.32 Å². The van der Waals surface area contributed by atoms with Crippen molar-refractivity contribution in [3.8, 4) is 0 Å². The molecule has 0 bridgehead atoms. The number of carbonyl (C=O) groups is 2. The molecule has 1 N–H and O–H groups in total. The second-order valence-corrected chi connectivity index (χ2v) is 7.55. The zero-order valence-corrected chi connectivity index (χ0v) is 16.8. The number of benzene rings is 2. The third-order valence-corrected chi connectivity index (χ3v) is 5.27. The number of amides is 2. The van der Waals surface area contributed by atoms with Crippen molar-refractivity contribution in [1.29, 1.82) is 0 Å². The van der Waals surface area contributed by atoms with E-state index in [0.717, 1.165) is 16.1 Å². The fourth-order valence-electron chi connectivity index (χ4n) is 2.97. The van der Waals surface area contributed by atoms with E-state index in [2.05, 4.69) is 10.3 Å². The van der Waals surface area contributed by atoms with Gasteiger partial charge in [0, 0.05) is 25.9 Å². The summed E-state index contributed by atoms with van der Waals surface area (Å²) in [6.45, 7) is 2.01. The molecule has 2 aromatic carbocycles. The van der Waals surface area contributed by atoms with Crippen molar-refractivity contribution in [3.05, 3.63) is 87.9 Å². The van der Waals surface area contributed by atoms with Gasteiger partial charge in [0.2, 0.25) is 5.91 Å². The molecule has 0 fully saturated rings. The van der Waals surface area contributed by atoms with Gasteiger partial charge in [0.25, 0.3) is 5.91 Å². The van der Waals surface area contributed by atoms with Crippen LogP contribution >= 0.6 is 11.3 Å². The van der Waals surface area contributed by atoms with Crippen LogP contribution in [-0.2, 0) is 17.8 Å². The molecule has 5 nitrogen and oxygen atoms in total. The van der Waals surface area contributed by atoms with Gasteiger partial charge in [-0.2, -0.15) is 0 Å². The van der Waals surface area contributed by atoms with Gasteiger partial charge in [-0.3, -0.25) is 9.59 Å². The molecule has 1 heterocycles. The third kappa shape index (κ3) is 5.27. The predicted octanol–water partition coefficient (Wildman–Crippen LogP) is 3.84. The number of nitrogens with one attached hydrogen (secondary N) is 1. The number of aromatic nitrogens is 1. The smallest absolute Gasteiger partial charge is 0.273 e. The average molecular weight is 394 g/mol. The van der Waals surface area contributed by atoms with E-state index in [1.807, 2.05) is 60.7 Å². The molecule has 0 aliphatic rings. The second kappa shape index (κ2) is 9.28. The molecule has 0 aliphatic heterocycles. The van der Waals surface area contributed by atoms with Crippen LogP contribution in [0.4, 0.5) is 0 Å². The molecule has 1 aromatic heterocycles. The molecule has 1 atom stereocenters. The van der Waals surface area contributed by atoms with Gasteiger partial charge in [-0.1, -0.05) is 60.7 Å². The van der Waals surface area contributed by atoms with Crippen molar-refractivity contribution >= 4 is 23.2 Å². The van der Waals surface area contributed by atoms with Gasteiger partial charge in [0.1, 0.15) is 10.7 Å². The van der Waals surface area contributed by atoms with E-state index in [4.69, 9.17) is 0 Å². The zero-order chi connectivity index (χ0) is 19.9. The number of rotatable bonds is 7. The summed E-state index contributed by atoms with van der Waals surface area (Å²) >= 11 is 1.40. The predicted molar refractivity (Wildman–Crippen MR) is 111 cm³/mol. The quantitative estimate of drug-likeness (QED) is 0.663. The molecule has 0 saturated heterocycles. The number of hydrogen-bond acceptors (Lipinski definition) is 4. The van der Waals surface area contributed by atoms with Crippen LogP contribution in [0.1, 0.15) is 39.6 Å². The molecule has 3 rings (SSSR count). The largest absolute Gasteiger partial charge is 0.347 e. The van der Waals surface area contributed by atoms with Crippen molar-refractivity contribution in [3.63, 3.8) is 0 Å². The fraction of sp³-hybridized carbons (Fsp3) is 0.227. The van der Waals surface area contributed by atoms with Crippen LogP contribution in [0.15, 0.2) is 66.0 Å². The van der Waals surface area contributed by atoms with Gasteiger partial charge < -0.3 is 10.2 Å². The molecule has 28 heavy (non-hydrogen) atoms. The van der Waals surface area contributed by atoms with Crippen molar-refractivity contribution in [2.45, 2.75) is 25.9 Å². The van der Waals surface area contributed by atoms with Gasteiger partial charge in [-0.05, 0) is 17.5 Å². The van der Waals surface area contributed by atoms with Gasteiger partial charge >= 0.3 is 0 Å². The van der Waals surface area contributed by atoms with Crippen LogP contribution in [-0.4, -0.2) is 28.7 Å². The van der Waals surface area contributed by atoms with E-state index >= 15 is 0 Å². The first-order chi connectivity index (χ1) is 13.5. The Morgan fingerprint density at radius 1 is 1.04 bits per heavy atom. The maximum atomic E-state index is 12.7. The van der Waals surface area contributed by atoms with Crippen LogP contribution in [0.25, 0.3) is 0 Å². The normalized spacial score (nSPS) is 11.6. The van der Waals surface area contributed by atoms with E-state index in [-0.39, 0.29) is 17.9 Å². The Balaban J connectivity index is 1.73. The molecule has 3 aromatic rings. The summed E-state index contributed by atoms with van der Waals surface area (Å²) in [6, 6.07) is 19.5. The Morgan fingerprint density at radius 2 is 1.64 bits per heavy atom. The summed E-state index contributed by atoms with van der Waals surface area (Å²) in [6.07, 6.45) is 0.626. The Morgan fingerprint density at radius 3 is 2.25 bits per heavy atom. The van der Waals surface area contributed by atoms with E-state index in [9.17, 15) is 9.59 Å². The summed E-state index contributed by atoms with van der Waals surface area (Å²) in [5.41, 5.74) is 2.57. The molecular formula is C22H23N3O2S. The van der Waals surface area contributed by atoms with Crippen LogP contribution in [0.3, 0.4) is 0 Å². The van der Waals surface area contributed by atoms with Gasteiger partial charge in [0.05, 0.1) is 6.04 Å². The highest BCUT2D eigenvalue weighted by molar-refractivity contribution is 7.09. The van der Waals surface area contributed by atoms with Crippen LogP contribution in [0, 0.1) is 0 Å². The first kappa shape index (κ1) is 19.8. The molecule has 0 aliphatic carbocycles. The van der Waals surface area contributed by atoms with Gasteiger partial charge in [-0.25, -0.2) is 4.98 Å². The first-order valence-electron chi connectivity index (χ1n) is 9.09. The average Bonchev–Trinajstić information content (AvgIpc) is 3.18. The summed E-state index contributed by atoms with van der Waals surface area (Å²) in [4.78, 5) is 30.6. The number of nitrogens with zero attached hydrogens (tertiary/aromatic N) is 2. The summed E-state index contributed by atoms with van der Waals surface area (Å²) in [5, 5.41) is 5.44. The highest BCUT2D eigenvalue weighted by Crippen LogP contribution is 2.23. The molecule has 0 unspecified atom stereocenters. The third-order valence-electron chi connectivity index (χ3n) is 4.31. The Bertz CT molecular complexity index is 925. The molecular weight excluding hydrogens is 370 g/mol. The van der Waals surface area contributed by atoms with Crippen LogP contribution in [0.5, 0.6) is 0 Å². The highest BCUT2D eigenvalue weighted by Gasteiger charge is 2.21. The number of carbonyl (C=O) groups excluding carboxylic acids is 2. The summed E-state index contributed by atoms with van der Waals surface area (Å²) in [7, 11) is 1.77. The summed E-state index contributed by atoms with van der Waals surface area (Å²) < 4.78 is 0. The topological polar surface area (TPSA) is 62.3 Å². The SMILES string of the molecule is CC(=O)N[C@@H](Cc1ccccc1)c1nc(C(=O)N(C)Cc2ccccc2)cs1. The van der Waals surface area contributed by atoms with E-state index in [1.165, 1.54) is 18.3 Å². The van der Waals surface area contributed by atoms with E-state index < -0.39 is 0 Å². The molecule has 0 saturated carbocycles. The number of thiazole rings is 1. The van der Waals surface area contributed by atoms with E-state index in [0.29, 0.717) is 18.7 Å². The van der Waals surface area contributed by atoms with E-state index in [1.54, 1.807) is 17.3 Å². The molecule has 0 radical (unpaired) electrons. The standard InChI is InChI=1S/C22H23N3O2S/c1-16(26)23-19(13-17-9-5-3-6-10-17)21-24-20(15-28-21)22(27)25(2)14-18-11-7-4-8-12-18/h3-12,15,19H,13-14H2,1-2H3,(H,23,26)/t19-/m0/s1. The molecule has 0 spiro atoms. The fourth-order valence-corrected chi connectivity index (χ4v) is 3.81. The molecule has 2 amide bonds. The number of hydrogen-bond donors (Lipinski definition) is 1. The maximum absolute atomic E-state index is 12.7. The molecule has 6 heteroatoms. The Labute approximate surface area is 169 Å². The van der Waals surface area contributed by atoms with Crippen molar-refractivity contribution in [2.24, 2.45) is 0 Å². The van der Waals surface area contributed by atoms with Crippen molar-refractivity contribution in [2.75, 3.05) is 7.05 Å².